The molecule has 0 radical (unpaired) electrons. The lowest BCUT2D eigenvalue weighted by Gasteiger charge is -2.25. The molecule has 4 aromatic rings. The van der Waals surface area contributed by atoms with Crippen molar-refractivity contribution in [3.8, 4) is 0 Å². The van der Waals surface area contributed by atoms with Crippen LogP contribution >= 0.6 is 11.8 Å². The number of halogens is 2. The van der Waals surface area contributed by atoms with Crippen molar-refractivity contribution in [1.82, 2.24) is 15.1 Å². The van der Waals surface area contributed by atoms with Crippen molar-refractivity contribution in [2.75, 3.05) is 77.2 Å². The summed E-state index contributed by atoms with van der Waals surface area (Å²) >= 11 is 1.21. The molecule has 3 N–H and O–H groups in total. The van der Waals surface area contributed by atoms with Crippen LogP contribution in [-0.4, -0.2) is 88.7 Å². The van der Waals surface area contributed by atoms with E-state index in [0.717, 1.165) is 29.7 Å². The molecular weight excluding hydrogens is 562 g/mol. The quantitative estimate of drug-likeness (QED) is 0.180. The van der Waals surface area contributed by atoms with E-state index in [0.29, 0.717) is 46.1 Å². The number of H-pyrrole nitrogens is 1. The van der Waals surface area contributed by atoms with E-state index >= 15 is 0 Å². The molecule has 0 bridgehead atoms. The van der Waals surface area contributed by atoms with E-state index in [1.165, 1.54) is 23.9 Å². The van der Waals surface area contributed by atoms with E-state index in [4.69, 9.17) is 9.47 Å². The molecule has 0 unspecified atom stereocenters. The summed E-state index contributed by atoms with van der Waals surface area (Å²) < 4.78 is 38.1. The summed E-state index contributed by atoms with van der Waals surface area (Å²) in [6.45, 7) is 2.45. The molecule has 0 spiro atoms. The number of rotatable bonds is 14. The van der Waals surface area contributed by atoms with Gasteiger partial charge in [-0.15, -0.1) is 0 Å². The maximum absolute atomic E-state index is 13.7. The first-order valence-corrected chi connectivity index (χ1v) is 14.2. The SMILES string of the molecule is COCC(COC)Nc1cc(N(C)CCN(C)C)ccc1C(=O)Nc1n[nH]c2ccc(Sc3cc(F)cc(F)c3)cc12. The number of aromatic nitrogens is 2. The van der Waals surface area contributed by atoms with Crippen molar-refractivity contribution in [3.63, 3.8) is 0 Å². The summed E-state index contributed by atoms with van der Waals surface area (Å²) in [5.74, 6) is -1.31. The van der Waals surface area contributed by atoms with Gasteiger partial charge in [-0.2, -0.15) is 5.10 Å². The van der Waals surface area contributed by atoms with E-state index in [-0.39, 0.29) is 11.9 Å². The van der Waals surface area contributed by atoms with Crippen LogP contribution in [-0.2, 0) is 9.47 Å². The summed E-state index contributed by atoms with van der Waals surface area (Å²) in [5.41, 5.74) is 2.71. The van der Waals surface area contributed by atoms with E-state index < -0.39 is 11.6 Å². The van der Waals surface area contributed by atoms with Gasteiger partial charge in [0.25, 0.3) is 5.91 Å². The lowest BCUT2D eigenvalue weighted by molar-refractivity contribution is 0.102. The zero-order valence-electron chi connectivity index (χ0n) is 24.3. The molecule has 12 heteroatoms. The number of carbonyl (C=O) groups is 1. The Kier molecular flexibility index (Phi) is 10.7. The Morgan fingerprint density at radius 1 is 0.952 bits per heavy atom. The van der Waals surface area contributed by atoms with Crippen molar-refractivity contribution in [2.45, 2.75) is 15.8 Å². The minimum atomic E-state index is -0.646. The van der Waals surface area contributed by atoms with Gasteiger partial charge in [-0.05, 0) is 62.6 Å². The van der Waals surface area contributed by atoms with Crippen LogP contribution in [0.3, 0.4) is 0 Å². The van der Waals surface area contributed by atoms with Crippen LogP contribution in [0.25, 0.3) is 10.9 Å². The number of benzene rings is 3. The second-order valence-corrected chi connectivity index (χ2v) is 11.3. The number of hydrogen-bond acceptors (Lipinski definition) is 8. The van der Waals surface area contributed by atoms with Gasteiger partial charge in [-0.25, -0.2) is 8.78 Å². The summed E-state index contributed by atoms with van der Waals surface area (Å²) in [5, 5.41) is 14.2. The van der Waals surface area contributed by atoms with Crippen molar-refractivity contribution >= 4 is 45.8 Å². The van der Waals surface area contributed by atoms with Gasteiger partial charge in [0.2, 0.25) is 0 Å². The Balaban J connectivity index is 1.61. The summed E-state index contributed by atoms with van der Waals surface area (Å²) in [4.78, 5) is 19.0. The van der Waals surface area contributed by atoms with Crippen molar-refractivity contribution in [2.24, 2.45) is 0 Å². The number of hydrogen-bond donors (Lipinski definition) is 3. The van der Waals surface area contributed by atoms with Crippen LogP contribution in [0.2, 0.25) is 0 Å². The number of likely N-dealkylation sites (N-methyl/N-ethyl adjacent to an activating group) is 2. The van der Waals surface area contributed by atoms with Crippen LogP contribution in [0.5, 0.6) is 0 Å². The van der Waals surface area contributed by atoms with E-state index in [2.05, 4.69) is 30.6 Å². The van der Waals surface area contributed by atoms with Gasteiger partial charge < -0.3 is 29.9 Å². The van der Waals surface area contributed by atoms with Gasteiger partial charge in [0.15, 0.2) is 5.82 Å². The van der Waals surface area contributed by atoms with Gasteiger partial charge in [-0.1, -0.05) is 11.8 Å². The third kappa shape index (κ3) is 8.19. The Morgan fingerprint density at radius 2 is 1.67 bits per heavy atom. The molecular formula is C30H36F2N6O3S. The van der Waals surface area contributed by atoms with Gasteiger partial charge in [0.05, 0.1) is 30.3 Å². The average molecular weight is 599 g/mol. The lowest BCUT2D eigenvalue weighted by atomic mass is 10.1. The summed E-state index contributed by atoms with van der Waals surface area (Å²) in [7, 11) is 9.28. The third-order valence-corrected chi connectivity index (χ3v) is 7.47. The predicted octanol–water partition coefficient (Wildman–Crippen LogP) is 5.32. The molecule has 1 amide bonds. The fraction of sp³-hybridized carbons (Fsp3) is 0.333. The minimum absolute atomic E-state index is 0.188. The first kappa shape index (κ1) is 31.2. The summed E-state index contributed by atoms with van der Waals surface area (Å²) in [6, 6.07) is 14.3. The topological polar surface area (TPSA) is 94.8 Å². The first-order chi connectivity index (χ1) is 20.2. The number of methoxy groups -OCH3 is 2. The highest BCUT2D eigenvalue weighted by atomic mass is 32.2. The summed E-state index contributed by atoms with van der Waals surface area (Å²) in [6.07, 6.45) is 0. The zero-order valence-corrected chi connectivity index (χ0v) is 25.1. The van der Waals surface area contributed by atoms with Crippen LogP contribution < -0.4 is 15.5 Å². The highest BCUT2D eigenvalue weighted by Gasteiger charge is 2.19. The molecule has 42 heavy (non-hydrogen) atoms. The Labute approximate surface area is 248 Å². The number of carbonyl (C=O) groups excluding carboxylic acids is 1. The highest BCUT2D eigenvalue weighted by molar-refractivity contribution is 7.99. The number of anilines is 3. The Hall–Kier alpha value is -3.71. The van der Waals surface area contributed by atoms with Crippen LogP contribution in [0.1, 0.15) is 10.4 Å². The largest absolute Gasteiger partial charge is 0.382 e. The molecule has 0 fully saturated rings. The predicted molar refractivity (Wildman–Crippen MR) is 164 cm³/mol. The van der Waals surface area contributed by atoms with Crippen molar-refractivity contribution in [3.05, 3.63) is 71.8 Å². The molecule has 4 rings (SSSR count). The normalized spacial score (nSPS) is 11.5. The molecule has 0 saturated carbocycles. The van der Waals surface area contributed by atoms with Crippen molar-refractivity contribution in [1.29, 1.82) is 0 Å². The first-order valence-electron chi connectivity index (χ1n) is 13.3. The van der Waals surface area contributed by atoms with Crippen LogP contribution in [0.15, 0.2) is 64.4 Å². The molecule has 0 atom stereocenters. The Morgan fingerprint density at radius 3 is 2.33 bits per heavy atom. The number of fused-ring (bicyclic) bond motifs is 1. The lowest BCUT2D eigenvalue weighted by Crippen LogP contribution is -2.31. The number of nitrogens with one attached hydrogen (secondary N) is 3. The number of amides is 1. The van der Waals surface area contributed by atoms with Crippen LogP contribution in [0.4, 0.5) is 26.0 Å². The monoisotopic (exact) mass is 598 g/mol. The molecule has 3 aromatic carbocycles. The van der Waals surface area contributed by atoms with Crippen molar-refractivity contribution < 1.29 is 23.0 Å². The zero-order chi connectivity index (χ0) is 30.2. The van der Waals surface area contributed by atoms with E-state index in [9.17, 15) is 13.6 Å². The molecule has 0 aliphatic carbocycles. The van der Waals surface area contributed by atoms with Gasteiger partial charge >= 0.3 is 0 Å². The smallest absolute Gasteiger partial charge is 0.258 e. The molecule has 9 nitrogen and oxygen atoms in total. The maximum atomic E-state index is 13.7. The fourth-order valence-corrected chi connectivity index (χ4v) is 5.30. The molecule has 0 aliphatic rings. The van der Waals surface area contributed by atoms with Gasteiger partial charge in [-0.3, -0.25) is 9.89 Å². The molecule has 1 aromatic heterocycles. The minimum Gasteiger partial charge on any atom is -0.382 e. The number of aromatic amines is 1. The maximum Gasteiger partial charge on any atom is 0.258 e. The van der Waals surface area contributed by atoms with Crippen LogP contribution in [0, 0.1) is 11.6 Å². The van der Waals surface area contributed by atoms with Gasteiger partial charge in [0, 0.05) is 67.0 Å². The molecule has 224 valence electrons. The molecule has 0 saturated heterocycles. The third-order valence-electron chi connectivity index (χ3n) is 6.50. The highest BCUT2D eigenvalue weighted by Crippen LogP contribution is 2.33. The van der Waals surface area contributed by atoms with E-state index in [1.54, 1.807) is 26.4 Å². The average Bonchev–Trinajstić information content (AvgIpc) is 3.33. The number of ether oxygens (including phenoxy) is 2. The Bertz CT molecular complexity index is 1490. The van der Waals surface area contributed by atoms with E-state index in [1.807, 2.05) is 45.4 Å². The molecule has 0 aliphatic heterocycles. The second-order valence-electron chi connectivity index (χ2n) is 10.1. The van der Waals surface area contributed by atoms with Gasteiger partial charge in [0.1, 0.15) is 11.6 Å². The fourth-order valence-electron chi connectivity index (χ4n) is 4.37. The molecule has 1 heterocycles. The standard InChI is InChI=1S/C30H36F2N6O3S/c1-37(2)10-11-38(3)22-6-8-25(28(15-22)33-21(17-40-4)18-41-5)30(39)34-29-26-16-23(7-9-27(26)35-36-29)42-24-13-19(31)12-20(32)14-24/h6-9,12-16,21,33H,10-11,17-18H2,1-5H3,(H2,34,35,36,39). The second kappa shape index (κ2) is 14.5. The number of nitrogens with zero attached hydrogens (tertiary/aromatic N) is 3.